The Morgan fingerprint density at radius 2 is 1.65 bits per heavy atom. The Kier molecular flexibility index (Phi) is 7.31. The molecule has 2 amide bonds. The summed E-state index contributed by atoms with van der Waals surface area (Å²) in [6.07, 6.45) is 1.54. The molecule has 0 fully saturated rings. The number of nitrogens with one attached hydrogen (secondary N) is 2. The molecule has 0 aliphatic carbocycles. The summed E-state index contributed by atoms with van der Waals surface area (Å²) in [7, 11) is 0. The van der Waals surface area contributed by atoms with Gasteiger partial charge in [0.2, 0.25) is 0 Å². The monoisotopic (exact) mass is 418 g/mol. The number of pyridine rings is 1. The molecule has 1 aromatic heterocycles. The maximum absolute atomic E-state index is 12.0. The number of hydrogen-bond donors (Lipinski definition) is 2. The average molecular weight is 418 g/mol. The predicted octanol–water partition coefficient (Wildman–Crippen LogP) is 2.41. The zero-order valence-corrected chi connectivity index (χ0v) is 16.9. The summed E-state index contributed by atoms with van der Waals surface area (Å²) in [6.45, 7) is 1.52. The van der Waals surface area contributed by atoms with Crippen molar-refractivity contribution in [2.75, 3.05) is 11.9 Å². The van der Waals surface area contributed by atoms with Gasteiger partial charge in [0.15, 0.2) is 6.61 Å². The Hall–Kier alpha value is -4.20. The van der Waals surface area contributed by atoms with Gasteiger partial charge in [-0.05, 0) is 55.0 Å². The summed E-state index contributed by atoms with van der Waals surface area (Å²) in [5.74, 6) is -0.127. The van der Waals surface area contributed by atoms with Crippen molar-refractivity contribution in [2.24, 2.45) is 5.10 Å². The number of hydrazone groups is 1. The van der Waals surface area contributed by atoms with Gasteiger partial charge in [-0.1, -0.05) is 24.3 Å². The number of benzene rings is 2. The van der Waals surface area contributed by atoms with E-state index in [-0.39, 0.29) is 24.6 Å². The molecule has 0 radical (unpaired) electrons. The zero-order valence-electron chi connectivity index (χ0n) is 16.9. The van der Waals surface area contributed by atoms with Crippen LogP contribution in [-0.4, -0.2) is 28.7 Å². The van der Waals surface area contributed by atoms with E-state index in [4.69, 9.17) is 4.74 Å². The second kappa shape index (κ2) is 10.5. The SMILES string of the molecule is C/C(=N/NC(=O)Cn1ccccc1=O)c1ccc(OCC(=O)Nc2ccccc2)cc1. The van der Waals surface area contributed by atoms with Gasteiger partial charge < -0.3 is 14.6 Å². The first-order chi connectivity index (χ1) is 15.0. The number of carbonyl (C=O) groups excluding carboxylic acids is 2. The summed E-state index contributed by atoms with van der Waals surface area (Å²) >= 11 is 0. The van der Waals surface area contributed by atoms with Crippen LogP contribution >= 0.6 is 0 Å². The quantitative estimate of drug-likeness (QED) is 0.433. The van der Waals surface area contributed by atoms with E-state index in [1.165, 1.54) is 16.8 Å². The fraction of sp³-hybridized carbons (Fsp3) is 0.130. The molecule has 1 heterocycles. The average Bonchev–Trinajstić information content (AvgIpc) is 2.79. The Bertz CT molecular complexity index is 1120. The van der Waals surface area contributed by atoms with E-state index >= 15 is 0 Å². The minimum atomic E-state index is -0.406. The maximum atomic E-state index is 12.0. The van der Waals surface area contributed by atoms with E-state index in [9.17, 15) is 14.4 Å². The fourth-order valence-corrected chi connectivity index (χ4v) is 2.65. The Balaban J connectivity index is 1.49. The van der Waals surface area contributed by atoms with Crippen molar-refractivity contribution in [3.8, 4) is 5.75 Å². The number of carbonyl (C=O) groups is 2. The Labute approximate surface area is 179 Å². The molecular formula is C23H22N4O4. The van der Waals surface area contributed by atoms with Gasteiger partial charge in [0.05, 0.1) is 5.71 Å². The first-order valence-electron chi connectivity index (χ1n) is 9.58. The first kappa shape index (κ1) is 21.5. The third-order valence-corrected chi connectivity index (χ3v) is 4.26. The smallest absolute Gasteiger partial charge is 0.262 e. The van der Waals surface area contributed by atoms with Crippen LogP contribution < -0.4 is 21.0 Å². The first-order valence-corrected chi connectivity index (χ1v) is 9.58. The van der Waals surface area contributed by atoms with Crippen LogP contribution in [0.25, 0.3) is 0 Å². The minimum absolute atomic E-state index is 0.115. The molecule has 0 saturated carbocycles. The molecule has 0 bridgehead atoms. The van der Waals surface area contributed by atoms with Gasteiger partial charge in [-0.3, -0.25) is 14.4 Å². The number of aromatic nitrogens is 1. The third kappa shape index (κ3) is 6.67. The highest BCUT2D eigenvalue weighted by Crippen LogP contribution is 2.13. The van der Waals surface area contributed by atoms with Gasteiger partial charge in [-0.15, -0.1) is 0 Å². The normalized spacial score (nSPS) is 10.9. The van der Waals surface area contributed by atoms with Crippen LogP contribution in [-0.2, 0) is 16.1 Å². The molecule has 3 aromatic rings. The second-order valence-electron chi connectivity index (χ2n) is 6.63. The lowest BCUT2D eigenvalue weighted by Gasteiger charge is -2.08. The van der Waals surface area contributed by atoms with E-state index < -0.39 is 5.91 Å². The fourth-order valence-electron chi connectivity index (χ4n) is 2.65. The molecule has 2 N–H and O–H groups in total. The molecule has 0 atom stereocenters. The van der Waals surface area contributed by atoms with Gasteiger partial charge in [-0.25, -0.2) is 5.43 Å². The van der Waals surface area contributed by atoms with Crippen molar-refractivity contribution in [3.05, 3.63) is 94.9 Å². The standard InChI is InChI=1S/C23H22N4O4/c1-17(25-26-21(28)15-27-14-6-5-9-23(27)30)18-10-12-20(13-11-18)31-16-22(29)24-19-7-3-2-4-8-19/h2-14H,15-16H2,1H3,(H,24,29)(H,26,28)/b25-17-. The van der Waals surface area contributed by atoms with Crippen LogP contribution in [0.3, 0.4) is 0 Å². The van der Waals surface area contributed by atoms with Gasteiger partial charge in [0.1, 0.15) is 12.3 Å². The van der Waals surface area contributed by atoms with Crippen molar-refractivity contribution in [1.82, 2.24) is 9.99 Å². The number of rotatable bonds is 8. The number of ether oxygens (including phenoxy) is 1. The number of para-hydroxylation sites is 1. The van der Waals surface area contributed by atoms with Crippen LogP contribution in [0, 0.1) is 0 Å². The highest BCUT2D eigenvalue weighted by atomic mass is 16.5. The van der Waals surface area contributed by atoms with Gasteiger partial charge in [0.25, 0.3) is 17.4 Å². The van der Waals surface area contributed by atoms with Crippen molar-refractivity contribution in [1.29, 1.82) is 0 Å². The molecule has 0 spiro atoms. The van der Waals surface area contributed by atoms with Gasteiger partial charge >= 0.3 is 0 Å². The topological polar surface area (TPSA) is 102 Å². The Morgan fingerprint density at radius 3 is 2.35 bits per heavy atom. The Morgan fingerprint density at radius 1 is 0.935 bits per heavy atom. The van der Waals surface area contributed by atoms with Gasteiger partial charge in [0, 0.05) is 18.0 Å². The van der Waals surface area contributed by atoms with E-state index in [1.807, 2.05) is 18.2 Å². The van der Waals surface area contributed by atoms with Crippen LogP contribution in [0.2, 0.25) is 0 Å². The highest BCUT2D eigenvalue weighted by Gasteiger charge is 2.06. The van der Waals surface area contributed by atoms with Crippen LogP contribution in [0.1, 0.15) is 12.5 Å². The molecule has 2 aromatic carbocycles. The minimum Gasteiger partial charge on any atom is -0.484 e. The van der Waals surface area contributed by atoms with E-state index in [2.05, 4.69) is 15.8 Å². The van der Waals surface area contributed by atoms with Crippen LogP contribution in [0.5, 0.6) is 5.75 Å². The number of nitrogens with zero attached hydrogens (tertiary/aromatic N) is 2. The molecule has 0 aliphatic heterocycles. The third-order valence-electron chi connectivity index (χ3n) is 4.26. The van der Waals surface area contributed by atoms with Crippen LogP contribution in [0.4, 0.5) is 5.69 Å². The largest absolute Gasteiger partial charge is 0.484 e. The molecule has 0 unspecified atom stereocenters. The molecule has 158 valence electrons. The lowest BCUT2D eigenvalue weighted by atomic mass is 10.1. The molecule has 0 saturated heterocycles. The second-order valence-corrected chi connectivity index (χ2v) is 6.63. The molecule has 3 rings (SSSR count). The number of amides is 2. The van der Waals surface area contributed by atoms with Crippen molar-refractivity contribution >= 4 is 23.2 Å². The lowest BCUT2D eigenvalue weighted by molar-refractivity contribution is -0.121. The summed E-state index contributed by atoms with van der Waals surface area (Å²) in [5.41, 5.74) is 4.25. The molecule has 8 heteroatoms. The van der Waals surface area contributed by atoms with Crippen molar-refractivity contribution < 1.29 is 14.3 Å². The zero-order chi connectivity index (χ0) is 22.1. The van der Waals surface area contributed by atoms with Crippen molar-refractivity contribution in [2.45, 2.75) is 13.5 Å². The lowest BCUT2D eigenvalue weighted by Crippen LogP contribution is -2.29. The van der Waals surface area contributed by atoms with E-state index in [0.717, 1.165) is 5.56 Å². The molecule has 0 aliphatic rings. The summed E-state index contributed by atoms with van der Waals surface area (Å²) in [4.78, 5) is 35.6. The van der Waals surface area contributed by atoms with E-state index in [0.29, 0.717) is 17.1 Å². The van der Waals surface area contributed by atoms with Crippen molar-refractivity contribution in [3.63, 3.8) is 0 Å². The summed E-state index contributed by atoms with van der Waals surface area (Å²) in [6, 6.07) is 20.8. The van der Waals surface area contributed by atoms with E-state index in [1.54, 1.807) is 55.5 Å². The summed E-state index contributed by atoms with van der Waals surface area (Å²) < 4.78 is 6.79. The summed E-state index contributed by atoms with van der Waals surface area (Å²) in [5, 5.41) is 6.81. The van der Waals surface area contributed by atoms with Gasteiger partial charge in [-0.2, -0.15) is 5.10 Å². The number of hydrogen-bond acceptors (Lipinski definition) is 5. The molecule has 8 nitrogen and oxygen atoms in total. The predicted molar refractivity (Wildman–Crippen MR) is 118 cm³/mol. The maximum Gasteiger partial charge on any atom is 0.262 e. The molecule has 31 heavy (non-hydrogen) atoms. The molecular weight excluding hydrogens is 396 g/mol. The van der Waals surface area contributed by atoms with Crippen LogP contribution in [0.15, 0.2) is 88.9 Å². The number of anilines is 1. The highest BCUT2D eigenvalue weighted by molar-refractivity contribution is 5.99.